The molecule has 2 nitrogen and oxygen atoms in total. The highest BCUT2D eigenvalue weighted by Gasteiger charge is 2.25. The molecule has 0 amide bonds. The third-order valence-electron chi connectivity index (χ3n) is 3.28. The summed E-state index contributed by atoms with van der Waals surface area (Å²) in [7, 11) is 0. The van der Waals surface area contributed by atoms with Gasteiger partial charge in [-0.05, 0) is 38.8 Å². The third kappa shape index (κ3) is 4.43. The lowest BCUT2D eigenvalue weighted by Gasteiger charge is -2.37. The third-order valence-corrected chi connectivity index (χ3v) is 3.28. The number of likely N-dealkylation sites (tertiary alicyclic amines) is 1. The molecule has 2 aliphatic heterocycles. The van der Waals surface area contributed by atoms with Crippen molar-refractivity contribution in [1.29, 1.82) is 0 Å². The van der Waals surface area contributed by atoms with Gasteiger partial charge in [-0.25, -0.2) is 4.39 Å². The van der Waals surface area contributed by atoms with Crippen molar-refractivity contribution in [3.8, 4) is 0 Å². The summed E-state index contributed by atoms with van der Waals surface area (Å²) in [4.78, 5) is 2.48. The minimum absolute atomic E-state index is 0. The molecular weight excluding hydrogens is 238 g/mol. The fraction of sp³-hybridized carbons (Fsp3) is 1.00. The van der Waals surface area contributed by atoms with Gasteiger partial charge in [-0.1, -0.05) is 0 Å². The van der Waals surface area contributed by atoms with Crippen molar-refractivity contribution in [3.63, 3.8) is 0 Å². The summed E-state index contributed by atoms with van der Waals surface area (Å²) in [5.41, 5.74) is 0. The Morgan fingerprint density at radius 3 is 2.00 bits per heavy atom. The van der Waals surface area contributed by atoms with E-state index in [1.807, 2.05) is 0 Å². The lowest BCUT2D eigenvalue weighted by molar-refractivity contribution is 0.0948. The van der Waals surface area contributed by atoms with Gasteiger partial charge in [-0.15, -0.1) is 24.8 Å². The number of alkyl halides is 1. The molecule has 1 N–H and O–H groups in total. The van der Waals surface area contributed by atoms with E-state index >= 15 is 0 Å². The van der Waals surface area contributed by atoms with Crippen LogP contribution in [-0.2, 0) is 0 Å². The van der Waals surface area contributed by atoms with Crippen LogP contribution in [0.5, 0.6) is 0 Å². The molecule has 5 heteroatoms. The van der Waals surface area contributed by atoms with Gasteiger partial charge in [0, 0.05) is 19.1 Å². The molecule has 0 aromatic carbocycles. The molecule has 0 saturated carbocycles. The van der Waals surface area contributed by atoms with Crippen LogP contribution in [0.4, 0.5) is 4.39 Å². The van der Waals surface area contributed by atoms with Gasteiger partial charge < -0.3 is 10.2 Å². The van der Waals surface area contributed by atoms with E-state index in [0.29, 0.717) is 0 Å². The number of hydrogen-bond acceptors (Lipinski definition) is 2. The van der Waals surface area contributed by atoms with Gasteiger partial charge in [0.05, 0.1) is 0 Å². The number of halogens is 3. The summed E-state index contributed by atoms with van der Waals surface area (Å²) in [5, 5.41) is 3.36. The van der Waals surface area contributed by atoms with Crippen molar-refractivity contribution in [3.05, 3.63) is 0 Å². The van der Waals surface area contributed by atoms with Crippen LogP contribution < -0.4 is 5.32 Å². The van der Waals surface area contributed by atoms with Gasteiger partial charge >= 0.3 is 0 Å². The van der Waals surface area contributed by atoms with Crippen molar-refractivity contribution in [1.82, 2.24) is 10.2 Å². The number of nitrogens with one attached hydrogen (secondary N) is 1. The first kappa shape index (κ1) is 15.4. The second-order valence-electron chi connectivity index (χ2n) is 4.19. The predicted octanol–water partition coefficient (Wildman–Crippen LogP) is 2.02. The lowest BCUT2D eigenvalue weighted by Crippen LogP contribution is -2.46. The molecule has 0 aliphatic carbocycles. The smallest absolute Gasteiger partial charge is 0.103 e. The minimum atomic E-state index is -0.530. The van der Waals surface area contributed by atoms with Crippen LogP contribution >= 0.6 is 24.8 Å². The largest absolute Gasteiger partial charge is 0.317 e. The zero-order valence-corrected chi connectivity index (χ0v) is 10.6. The van der Waals surface area contributed by atoms with E-state index in [1.54, 1.807) is 0 Å². The Balaban J connectivity index is 0.000000980. The van der Waals surface area contributed by atoms with Crippen LogP contribution in [0.25, 0.3) is 0 Å². The van der Waals surface area contributed by atoms with E-state index in [4.69, 9.17) is 0 Å². The monoisotopic (exact) mass is 258 g/mol. The maximum atomic E-state index is 12.9. The van der Waals surface area contributed by atoms with E-state index in [2.05, 4.69) is 10.2 Å². The summed E-state index contributed by atoms with van der Waals surface area (Å²) in [6.45, 7) is 4.23. The molecule has 15 heavy (non-hydrogen) atoms. The minimum Gasteiger partial charge on any atom is -0.317 e. The molecule has 0 unspecified atom stereocenters. The van der Waals surface area contributed by atoms with Crippen molar-refractivity contribution in [2.75, 3.05) is 26.2 Å². The molecule has 2 saturated heterocycles. The molecule has 2 heterocycles. The van der Waals surface area contributed by atoms with E-state index in [0.717, 1.165) is 45.1 Å². The Bertz CT molecular complexity index is 158. The molecule has 2 aliphatic rings. The summed E-state index contributed by atoms with van der Waals surface area (Å²) in [5.74, 6) is 0. The van der Waals surface area contributed by atoms with Gasteiger partial charge in [-0.2, -0.15) is 0 Å². The van der Waals surface area contributed by atoms with Crippen LogP contribution in [-0.4, -0.2) is 43.3 Å². The highest BCUT2D eigenvalue weighted by molar-refractivity contribution is 5.85. The van der Waals surface area contributed by atoms with E-state index in [-0.39, 0.29) is 24.8 Å². The zero-order valence-electron chi connectivity index (χ0n) is 8.95. The zero-order chi connectivity index (χ0) is 9.10. The quantitative estimate of drug-likeness (QED) is 0.775. The van der Waals surface area contributed by atoms with Crippen LogP contribution in [0.15, 0.2) is 0 Å². The highest BCUT2D eigenvalue weighted by atomic mass is 35.5. The van der Waals surface area contributed by atoms with Gasteiger partial charge in [0.2, 0.25) is 0 Å². The lowest BCUT2D eigenvalue weighted by atomic mass is 10.0. The Kier molecular flexibility index (Phi) is 7.88. The molecule has 0 spiro atoms. The van der Waals surface area contributed by atoms with Crippen molar-refractivity contribution in [2.45, 2.75) is 37.9 Å². The maximum absolute atomic E-state index is 12.9. The fourth-order valence-corrected chi connectivity index (χ4v) is 2.40. The number of nitrogens with zero attached hydrogens (tertiary/aromatic N) is 1. The SMILES string of the molecule is Cl.Cl.FC1CCN(C2CCNCC2)CC1. The average Bonchev–Trinajstić information content (AvgIpc) is 2.20. The molecule has 2 fully saturated rings. The fourth-order valence-electron chi connectivity index (χ4n) is 2.40. The molecule has 0 bridgehead atoms. The number of rotatable bonds is 1. The Morgan fingerprint density at radius 2 is 1.47 bits per heavy atom. The van der Waals surface area contributed by atoms with Crippen molar-refractivity contribution in [2.24, 2.45) is 0 Å². The summed E-state index contributed by atoms with van der Waals surface area (Å²) < 4.78 is 12.9. The molecule has 0 aromatic heterocycles. The number of hydrogen-bond donors (Lipinski definition) is 1. The van der Waals surface area contributed by atoms with Crippen LogP contribution in [0.2, 0.25) is 0 Å². The van der Waals surface area contributed by atoms with Crippen LogP contribution in [0.3, 0.4) is 0 Å². The van der Waals surface area contributed by atoms with Crippen LogP contribution in [0, 0.1) is 0 Å². The summed E-state index contributed by atoms with van der Waals surface area (Å²) >= 11 is 0. The second-order valence-corrected chi connectivity index (χ2v) is 4.19. The number of piperidine rings is 2. The summed E-state index contributed by atoms with van der Waals surface area (Å²) in [6, 6.07) is 0.730. The molecule has 2 rings (SSSR count). The molecular formula is C10H21Cl2FN2. The van der Waals surface area contributed by atoms with Gasteiger partial charge in [0.15, 0.2) is 0 Å². The molecule has 0 radical (unpaired) electrons. The molecule has 0 atom stereocenters. The first-order valence-corrected chi connectivity index (χ1v) is 5.45. The first-order chi connectivity index (χ1) is 6.36. The van der Waals surface area contributed by atoms with E-state index < -0.39 is 6.17 Å². The second kappa shape index (κ2) is 7.66. The predicted molar refractivity (Wildman–Crippen MR) is 66.1 cm³/mol. The van der Waals surface area contributed by atoms with E-state index in [1.165, 1.54) is 12.8 Å². The normalized spacial score (nSPS) is 25.4. The molecule has 0 aromatic rings. The van der Waals surface area contributed by atoms with E-state index in [9.17, 15) is 4.39 Å². The Hall–Kier alpha value is 0.430. The van der Waals surface area contributed by atoms with Gasteiger partial charge in [0.1, 0.15) is 6.17 Å². The van der Waals surface area contributed by atoms with Gasteiger partial charge in [0.25, 0.3) is 0 Å². The molecule has 92 valence electrons. The topological polar surface area (TPSA) is 15.3 Å². The first-order valence-electron chi connectivity index (χ1n) is 5.45. The maximum Gasteiger partial charge on any atom is 0.103 e. The van der Waals surface area contributed by atoms with Gasteiger partial charge in [-0.3, -0.25) is 0 Å². The van der Waals surface area contributed by atoms with Crippen molar-refractivity contribution < 1.29 is 4.39 Å². The van der Waals surface area contributed by atoms with Crippen molar-refractivity contribution >= 4 is 24.8 Å². The van der Waals surface area contributed by atoms with Crippen LogP contribution in [0.1, 0.15) is 25.7 Å². The summed E-state index contributed by atoms with van der Waals surface area (Å²) in [6.07, 6.45) is 3.47. The Labute approximate surface area is 104 Å². The highest BCUT2D eigenvalue weighted by Crippen LogP contribution is 2.19. The standard InChI is InChI=1S/C10H19FN2.2ClH/c11-9-3-7-13(8-4-9)10-1-5-12-6-2-10;;/h9-10,12H,1-8H2;2*1H. The Morgan fingerprint density at radius 1 is 0.933 bits per heavy atom. The average molecular weight is 259 g/mol.